The highest BCUT2D eigenvalue weighted by atomic mass is 16.6. The summed E-state index contributed by atoms with van der Waals surface area (Å²) >= 11 is 0. The van der Waals surface area contributed by atoms with Gasteiger partial charge in [-0.2, -0.15) is 0 Å². The number of rotatable bonds is 7. The van der Waals surface area contributed by atoms with Crippen LogP contribution in [-0.4, -0.2) is 34.4 Å². The zero-order valence-electron chi connectivity index (χ0n) is 13.9. The van der Waals surface area contributed by atoms with Gasteiger partial charge in [0.15, 0.2) is 0 Å². The molecular formula is C18H15N3O6. The van der Waals surface area contributed by atoms with Crippen LogP contribution in [0.3, 0.4) is 0 Å². The van der Waals surface area contributed by atoms with Crippen molar-refractivity contribution < 1.29 is 24.4 Å². The maximum Gasteiger partial charge on any atom is 0.322 e. The van der Waals surface area contributed by atoms with E-state index in [9.17, 15) is 24.5 Å². The lowest BCUT2D eigenvalue weighted by Crippen LogP contribution is -2.29. The highest BCUT2D eigenvalue weighted by Gasteiger charge is 2.07. The number of carbonyl (C=O) groups is 3. The van der Waals surface area contributed by atoms with Crippen LogP contribution in [0.15, 0.2) is 54.6 Å². The number of hydrogen-bond donors (Lipinski definition) is 3. The molecule has 0 aliphatic rings. The van der Waals surface area contributed by atoms with Gasteiger partial charge in [-0.25, -0.2) is 0 Å². The molecule has 3 N–H and O–H groups in total. The van der Waals surface area contributed by atoms with Crippen LogP contribution < -0.4 is 10.6 Å². The van der Waals surface area contributed by atoms with Gasteiger partial charge >= 0.3 is 5.97 Å². The Morgan fingerprint density at radius 2 is 1.67 bits per heavy atom. The maximum atomic E-state index is 11.9. The average molecular weight is 369 g/mol. The normalized spacial score (nSPS) is 10.4. The lowest BCUT2D eigenvalue weighted by atomic mass is 10.2. The Labute approximate surface area is 153 Å². The van der Waals surface area contributed by atoms with Crippen molar-refractivity contribution in [2.75, 3.05) is 11.9 Å². The molecule has 9 heteroatoms. The molecule has 27 heavy (non-hydrogen) atoms. The molecule has 0 spiro atoms. The predicted octanol–water partition coefficient (Wildman–Crippen LogP) is 2.06. The minimum absolute atomic E-state index is 0.0379. The van der Waals surface area contributed by atoms with E-state index in [4.69, 9.17) is 5.11 Å². The van der Waals surface area contributed by atoms with Crippen molar-refractivity contribution in [1.82, 2.24) is 5.32 Å². The van der Waals surface area contributed by atoms with Gasteiger partial charge in [0.25, 0.3) is 11.6 Å². The third-order valence-electron chi connectivity index (χ3n) is 3.35. The van der Waals surface area contributed by atoms with E-state index in [-0.39, 0.29) is 11.3 Å². The van der Waals surface area contributed by atoms with Crippen LogP contribution in [0.25, 0.3) is 6.08 Å². The van der Waals surface area contributed by atoms with Gasteiger partial charge < -0.3 is 15.7 Å². The molecule has 0 heterocycles. The molecule has 0 aromatic heterocycles. The number of nitro benzene ring substituents is 1. The van der Waals surface area contributed by atoms with Crippen molar-refractivity contribution in [3.05, 3.63) is 75.8 Å². The largest absolute Gasteiger partial charge is 0.480 e. The third-order valence-corrected chi connectivity index (χ3v) is 3.35. The summed E-state index contributed by atoms with van der Waals surface area (Å²) in [5, 5.41) is 23.9. The second-order valence-electron chi connectivity index (χ2n) is 5.32. The molecule has 2 amide bonds. The van der Waals surface area contributed by atoms with Crippen molar-refractivity contribution in [1.29, 1.82) is 0 Å². The van der Waals surface area contributed by atoms with Gasteiger partial charge in [0.1, 0.15) is 6.54 Å². The van der Waals surface area contributed by atoms with Gasteiger partial charge in [-0.15, -0.1) is 0 Å². The Bertz CT molecular complexity index is 888. The van der Waals surface area contributed by atoms with Gasteiger partial charge in [0.05, 0.1) is 4.92 Å². The lowest BCUT2D eigenvalue weighted by Gasteiger charge is -2.05. The Morgan fingerprint density at radius 1 is 1.04 bits per heavy atom. The summed E-state index contributed by atoms with van der Waals surface area (Å²) in [6.07, 6.45) is 2.78. The van der Waals surface area contributed by atoms with Crippen molar-refractivity contribution in [3.8, 4) is 0 Å². The van der Waals surface area contributed by atoms with Crippen molar-refractivity contribution >= 4 is 35.2 Å². The zero-order valence-corrected chi connectivity index (χ0v) is 13.9. The summed E-state index contributed by atoms with van der Waals surface area (Å²) in [5.41, 5.74) is 1.30. The van der Waals surface area contributed by atoms with Gasteiger partial charge in [-0.1, -0.05) is 0 Å². The third kappa shape index (κ3) is 6.09. The van der Waals surface area contributed by atoms with Crippen LogP contribution in [0.1, 0.15) is 15.9 Å². The molecule has 0 bridgehead atoms. The molecule has 2 rings (SSSR count). The second-order valence-corrected chi connectivity index (χ2v) is 5.32. The average Bonchev–Trinajstić information content (AvgIpc) is 2.65. The molecule has 0 aliphatic heterocycles. The van der Waals surface area contributed by atoms with Gasteiger partial charge in [-0.05, 0) is 48.0 Å². The minimum atomic E-state index is -1.15. The number of benzene rings is 2. The number of nitrogens with zero attached hydrogens (tertiary/aromatic N) is 1. The molecule has 0 fully saturated rings. The van der Waals surface area contributed by atoms with Gasteiger partial charge in [-0.3, -0.25) is 24.5 Å². The van der Waals surface area contributed by atoms with Gasteiger partial charge in [0, 0.05) is 29.5 Å². The molecule has 0 atom stereocenters. The maximum absolute atomic E-state index is 11.9. The van der Waals surface area contributed by atoms with Gasteiger partial charge in [0.2, 0.25) is 5.91 Å². The quantitative estimate of drug-likeness (QED) is 0.388. The molecule has 2 aromatic rings. The number of amides is 2. The van der Waals surface area contributed by atoms with E-state index in [1.54, 1.807) is 0 Å². The second kappa shape index (κ2) is 8.90. The molecule has 0 saturated heterocycles. The number of carboxylic acids is 1. The Hall–Kier alpha value is -4.01. The van der Waals surface area contributed by atoms with E-state index in [1.165, 1.54) is 60.7 Å². The van der Waals surface area contributed by atoms with Crippen LogP contribution in [0.5, 0.6) is 0 Å². The first kappa shape index (κ1) is 19.3. The van der Waals surface area contributed by atoms with E-state index < -0.39 is 29.3 Å². The van der Waals surface area contributed by atoms with E-state index in [0.29, 0.717) is 11.3 Å². The number of carbonyl (C=O) groups excluding carboxylic acids is 2. The number of nitro groups is 1. The fourth-order valence-corrected chi connectivity index (χ4v) is 2.03. The highest BCUT2D eigenvalue weighted by molar-refractivity contribution is 6.02. The van der Waals surface area contributed by atoms with Crippen LogP contribution in [0.4, 0.5) is 11.4 Å². The van der Waals surface area contributed by atoms with E-state index in [0.717, 1.165) is 0 Å². The molecule has 138 valence electrons. The van der Waals surface area contributed by atoms with Crippen LogP contribution in [-0.2, 0) is 9.59 Å². The number of hydrogen-bond acceptors (Lipinski definition) is 5. The first-order chi connectivity index (χ1) is 12.8. The summed E-state index contributed by atoms with van der Waals surface area (Å²) in [4.78, 5) is 44.1. The molecular weight excluding hydrogens is 354 g/mol. The monoisotopic (exact) mass is 369 g/mol. The topological polar surface area (TPSA) is 139 Å². The first-order valence-electron chi connectivity index (χ1n) is 7.69. The lowest BCUT2D eigenvalue weighted by molar-refractivity contribution is -0.384. The first-order valence-corrected chi connectivity index (χ1v) is 7.69. The molecule has 0 unspecified atom stereocenters. The smallest absolute Gasteiger partial charge is 0.322 e. The molecule has 0 aliphatic carbocycles. The molecule has 2 aromatic carbocycles. The number of non-ortho nitro benzene ring substituents is 1. The number of nitrogens with one attached hydrogen (secondary N) is 2. The molecule has 0 saturated carbocycles. The number of anilines is 1. The summed E-state index contributed by atoms with van der Waals surface area (Å²) in [7, 11) is 0. The van der Waals surface area contributed by atoms with Crippen molar-refractivity contribution in [2.24, 2.45) is 0 Å². The van der Waals surface area contributed by atoms with E-state index in [2.05, 4.69) is 10.6 Å². The van der Waals surface area contributed by atoms with Crippen molar-refractivity contribution in [2.45, 2.75) is 0 Å². The highest BCUT2D eigenvalue weighted by Crippen LogP contribution is 2.13. The Morgan fingerprint density at radius 3 is 2.22 bits per heavy atom. The summed E-state index contributed by atoms with van der Waals surface area (Å²) < 4.78 is 0. The fourth-order valence-electron chi connectivity index (χ4n) is 2.03. The van der Waals surface area contributed by atoms with Crippen molar-refractivity contribution in [3.63, 3.8) is 0 Å². The SMILES string of the molecule is O=C(O)CNC(=O)c1ccc(NC(=O)/C=C/c2ccc([N+](=O)[O-])cc2)cc1. The predicted molar refractivity (Wildman–Crippen MR) is 97.2 cm³/mol. The summed E-state index contributed by atoms with van der Waals surface area (Å²) in [5.74, 6) is -2.10. The van der Waals surface area contributed by atoms with E-state index in [1.807, 2.05) is 0 Å². The molecule has 9 nitrogen and oxygen atoms in total. The fraction of sp³-hybridized carbons (Fsp3) is 0.0556. The minimum Gasteiger partial charge on any atom is -0.480 e. The zero-order chi connectivity index (χ0) is 19.8. The van der Waals surface area contributed by atoms with E-state index >= 15 is 0 Å². The standard InChI is InChI=1S/C18H15N3O6/c22-16(10-3-12-1-8-15(9-2-12)21(26)27)20-14-6-4-13(5-7-14)18(25)19-11-17(23)24/h1-10H,11H2,(H,19,25)(H,20,22)(H,23,24)/b10-3+. The number of aliphatic carboxylic acids is 1. The Balaban J connectivity index is 1.92. The van der Waals surface area contributed by atoms with Crippen LogP contribution >= 0.6 is 0 Å². The Kier molecular flexibility index (Phi) is 6.37. The molecule has 0 radical (unpaired) electrons. The van der Waals surface area contributed by atoms with Crippen LogP contribution in [0.2, 0.25) is 0 Å². The number of carboxylic acid groups (broad SMARTS) is 1. The summed E-state index contributed by atoms with van der Waals surface area (Å²) in [6.45, 7) is -0.481. The van der Waals surface area contributed by atoms with Crippen LogP contribution in [0, 0.1) is 10.1 Å². The summed E-state index contributed by atoms with van der Waals surface area (Å²) in [6, 6.07) is 11.6.